The van der Waals surface area contributed by atoms with Gasteiger partial charge in [-0.3, -0.25) is 0 Å². The van der Waals surface area contributed by atoms with Crippen LogP contribution in [-0.2, 0) is 5.33 Å². The number of nitrogens with zero attached hydrogens (tertiary/aromatic N) is 2. The smallest absolute Gasteiger partial charge is 0.133 e. The quantitative estimate of drug-likeness (QED) is 0.700. The fourth-order valence-corrected chi connectivity index (χ4v) is 3.23. The van der Waals surface area contributed by atoms with Crippen LogP contribution in [-0.4, -0.2) is 30.1 Å². The SMILES string of the molecule is CSCCC(C)N(C)c1nc2ccccc2cc1CBr. The number of benzene rings is 1. The van der Waals surface area contributed by atoms with E-state index in [9.17, 15) is 0 Å². The fourth-order valence-electron chi connectivity index (χ4n) is 2.24. The molecule has 1 heterocycles. The molecule has 108 valence electrons. The van der Waals surface area contributed by atoms with Crippen molar-refractivity contribution in [2.24, 2.45) is 0 Å². The van der Waals surface area contributed by atoms with Gasteiger partial charge in [-0.05, 0) is 37.5 Å². The number of hydrogen-bond donors (Lipinski definition) is 0. The van der Waals surface area contributed by atoms with Crippen LogP contribution < -0.4 is 4.90 Å². The number of hydrogen-bond acceptors (Lipinski definition) is 3. The van der Waals surface area contributed by atoms with Gasteiger partial charge >= 0.3 is 0 Å². The zero-order chi connectivity index (χ0) is 14.5. The number of pyridine rings is 1. The number of rotatable bonds is 6. The number of anilines is 1. The molecule has 1 unspecified atom stereocenters. The van der Waals surface area contributed by atoms with E-state index in [1.54, 1.807) is 0 Å². The van der Waals surface area contributed by atoms with E-state index in [1.807, 2.05) is 17.8 Å². The summed E-state index contributed by atoms with van der Waals surface area (Å²) in [5.41, 5.74) is 2.32. The summed E-state index contributed by atoms with van der Waals surface area (Å²) in [5.74, 6) is 2.28. The van der Waals surface area contributed by atoms with Crippen molar-refractivity contribution >= 4 is 44.4 Å². The third-order valence-electron chi connectivity index (χ3n) is 3.66. The van der Waals surface area contributed by atoms with Crippen molar-refractivity contribution in [3.63, 3.8) is 0 Å². The molecule has 1 aromatic carbocycles. The Morgan fingerprint density at radius 2 is 2.10 bits per heavy atom. The molecule has 2 rings (SSSR count). The van der Waals surface area contributed by atoms with Gasteiger partial charge in [-0.1, -0.05) is 34.1 Å². The Bertz CT molecular complexity index is 573. The maximum atomic E-state index is 4.86. The zero-order valence-electron chi connectivity index (χ0n) is 12.3. The Balaban J connectivity index is 2.36. The van der Waals surface area contributed by atoms with Gasteiger partial charge in [0.25, 0.3) is 0 Å². The maximum absolute atomic E-state index is 4.86. The van der Waals surface area contributed by atoms with Crippen molar-refractivity contribution in [3.05, 3.63) is 35.9 Å². The molecule has 20 heavy (non-hydrogen) atoms. The lowest BCUT2D eigenvalue weighted by molar-refractivity contribution is 0.661. The molecule has 0 aliphatic carbocycles. The second-order valence-electron chi connectivity index (χ2n) is 5.04. The summed E-state index contributed by atoms with van der Waals surface area (Å²) in [6.07, 6.45) is 3.33. The summed E-state index contributed by atoms with van der Waals surface area (Å²) < 4.78 is 0. The van der Waals surface area contributed by atoms with Gasteiger partial charge in [0.15, 0.2) is 0 Å². The highest BCUT2D eigenvalue weighted by Gasteiger charge is 2.15. The summed E-state index contributed by atoms with van der Waals surface area (Å²) in [5, 5.41) is 2.04. The van der Waals surface area contributed by atoms with Crippen molar-refractivity contribution in [1.82, 2.24) is 4.98 Å². The standard InChI is InChI=1S/C16H21BrN2S/c1-12(8-9-20-3)19(2)16-14(11-17)10-13-6-4-5-7-15(13)18-16/h4-7,10,12H,8-9,11H2,1-3H3. The van der Waals surface area contributed by atoms with Gasteiger partial charge in [-0.15, -0.1) is 0 Å². The number of aromatic nitrogens is 1. The second kappa shape index (κ2) is 7.32. The monoisotopic (exact) mass is 352 g/mol. The largest absolute Gasteiger partial charge is 0.357 e. The van der Waals surface area contributed by atoms with Crippen LogP contribution in [0, 0.1) is 0 Å². The molecule has 0 saturated carbocycles. The predicted octanol–water partition coefficient (Wildman–Crippen LogP) is 4.71. The molecule has 0 N–H and O–H groups in total. The highest BCUT2D eigenvalue weighted by Crippen LogP contribution is 2.26. The summed E-state index contributed by atoms with van der Waals surface area (Å²) >= 11 is 5.49. The van der Waals surface area contributed by atoms with Crippen LogP contribution >= 0.6 is 27.7 Å². The van der Waals surface area contributed by atoms with Crippen molar-refractivity contribution in [2.45, 2.75) is 24.7 Å². The first-order valence-corrected chi connectivity index (χ1v) is 9.35. The lowest BCUT2D eigenvalue weighted by Gasteiger charge is -2.28. The summed E-state index contributed by atoms with van der Waals surface area (Å²) in [4.78, 5) is 7.17. The molecule has 0 amide bonds. The minimum atomic E-state index is 0.494. The van der Waals surface area contributed by atoms with Gasteiger partial charge in [-0.25, -0.2) is 4.98 Å². The van der Waals surface area contributed by atoms with Crippen LogP contribution in [0.25, 0.3) is 10.9 Å². The Morgan fingerprint density at radius 3 is 2.80 bits per heavy atom. The molecule has 1 atom stereocenters. The Labute approximate surface area is 134 Å². The molecule has 2 nitrogen and oxygen atoms in total. The minimum absolute atomic E-state index is 0.494. The van der Waals surface area contributed by atoms with Crippen molar-refractivity contribution in [3.8, 4) is 0 Å². The van der Waals surface area contributed by atoms with E-state index in [-0.39, 0.29) is 0 Å². The van der Waals surface area contributed by atoms with E-state index >= 15 is 0 Å². The van der Waals surface area contributed by atoms with Gasteiger partial charge in [0, 0.05) is 29.4 Å². The summed E-state index contributed by atoms with van der Waals surface area (Å²) in [6, 6.07) is 11.0. The summed E-state index contributed by atoms with van der Waals surface area (Å²) in [6.45, 7) is 2.27. The molecular weight excluding hydrogens is 332 g/mol. The molecule has 0 aliphatic heterocycles. The first kappa shape index (κ1) is 15.6. The van der Waals surface area contributed by atoms with E-state index in [4.69, 9.17) is 4.98 Å². The van der Waals surface area contributed by atoms with E-state index in [2.05, 4.69) is 65.3 Å². The third-order valence-corrected chi connectivity index (χ3v) is 4.91. The normalized spacial score (nSPS) is 12.6. The van der Waals surface area contributed by atoms with Crippen LogP contribution in [0.3, 0.4) is 0 Å². The number of fused-ring (bicyclic) bond motifs is 1. The number of thioether (sulfide) groups is 1. The molecule has 2 aromatic rings. The van der Waals surface area contributed by atoms with E-state index in [0.717, 1.165) is 16.7 Å². The lowest BCUT2D eigenvalue weighted by atomic mass is 10.1. The lowest BCUT2D eigenvalue weighted by Crippen LogP contribution is -2.31. The van der Waals surface area contributed by atoms with Gasteiger partial charge < -0.3 is 4.90 Å². The minimum Gasteiger partial charge on any atom is -0.357 e. The van der Waals surface area contributed by atoms with Crippen LogP contribution in [0.5, 0.6) is 0 Å². The molecule has 4 heteroatoms. The predicted molar refractivity (Wildman–Crippen MR) is 95.2 cm³/mol. The third kappa shape index (κ3) is 3.47. The van der Waals surface area contributed by atoms with E-state index in [0.29, 0.717) is 6.04 Å². The second-order valence-corrected chi connectivity index (χ2v) is 6.59. The number of halogens is 1. The van der Waals surface area contributed by atoms with E-state index < -0.39 is 0 Å². The fraction of sp³-hybridized carbons (Fsp3) is 0.438. The molecule has 1 aromatic heterocycles. The highest BCUT2D eigenvalue weighted by atomic mass is 79.9. The molecule has 0 aliphatic rings. The van der Waals surface area contributed by atoms with Crippen molar-refractivity contribution in [2.75, 3.05) is 24.0 Å². The van der Waals surface area contributed by atoms with Crippen LogP contribution in [0.2, 0.25) is 0 Å². The molecule has 0 bridgehead atoms. The van der Waals surface area contributed by atoms with Crippen molar-refractivity contribution < 1.29 is 0 Å². The average molecular weight is 353 g/mol. The summed E-state index contributed by atoms with van der Waals surface area (Å²) in [7, 11) is 2.15. The first-order valence-electron chi connectivity index (χ1n) is 6.83. The molecule has 0 saturated heterocycles. The molecule has 0 radical (unpaired) electrons. The van der Waals surface area contributed by atoms with Crippen molar-refractivity contribution in [1.29, 1.82) is 0 Å². The Morgan fingerprint density at radius 1 is 1.35 bits per heavy atom. The van der Waals surface area contributed by atoms with Gasteiger partial charge in [0.1, 0.15) is 5.82 Å². The number of alkyl halides is 1. The maximum Gasteiger partial charge on any atom is 0.133 e. The first-order chi connectivity index (χ1) is 9.67. The zero-order valence-corrected chi connectivity index (χ0v) is 14.7. The number of para-hydroxylation sites is 1. The Hall–Kier alpha value is -0.740. The average Bonchev–Trinajstić information content (AvgIpc) is 2.50. The molecular formula is C16H21BrN2S. The van der Waals surface area contributed by atoms with E-state index in [1.165, 1.54) is 23.1 Å². The molecule has 0 spiro atoms. The topological polar surface area (TPSA) is 16.1 Å². The van der Waals surface area contributed by atoms with Crippen LogP contribution in [0.4, 0.5) is 5.82 Å². The Kier molecular flexibility index (Phi) is 5.73. The van der Waals surface area contributed by atoms with Gasteiger partial charge in [-0.2, -0.15) is 11.8 Å². The van der Waals surface area contributed by atoms with Crippen LogP contribution in [0.1, 0.15) is 18.9 Å². The van der Waals surface area contributed by atoms with Gasteiger partial charge in [0.05, 0.1) is 5.52 Å². The van der Waals surface area contributed by atoms with Gasteiger partial charge in [0.2, 0.25) is 0 Å². The van der Waals surface area contributed by atoms with Crippen LogP contribution in [0.15, 0.2) is 30.3 Å². The molecule has 0 fully saturated rings. The highest BCUT2D eigenvalue weighted by molar-refractivity contribution is 9.08.